The van der Waals surface area contributed by atoms with E-state index in [0.717, 1.165) is 17.8 Å². The molecule has 2 rings (SSSR count). The fourth-order valence-corrected chi connectivity index (χ4v) is 3.74. The van der Waals surface area contributed by atoms with Crippen molar-refractivity contribution in [2.45, 2.75) is 65.3 Å². The zero-order chi connectivity index (χ0) is 11.1. The molecule has 0 amide bonds. The van der Waals surface area contributed by atoms with Gasteiger partial charge in [0.1, 0.15) is 0 Å². The van der Waals surface area contributed by atoms with Gasteiger partial charge in [0.25, 0.3) is 0 Å². The normalized spacial score (nSPS) is 36.6. The van der Waals surface area contributed by atoms with Crippen LogP contribution in [0.25, 0.3) is 0 Å². The lowest BCUT2D eigenvalue weighted by Crippen LogP contribution is -2.36. The molecule has 1 heteroatoms. The lowest BCUT2D eigenvalue weighted by molar-refractivity contribution is 0.147. The Morgan fingerprint density at radius 2 is 1.53 bits per heavy atom. The number of rotatable bonds is 3. The second-order valence-electron chi connectivity index (χ2n) is 6.38. The molecule has 2 aliphatic carbocycles. The first-order valence-electron chi connectivity index (χ1n) is 6.82. The lowest BCUT2D eigenvalue weighted by atomic mass is 9.69. The van der Waals surface area contributed by atoms with E-state index in [1.807, 2.05) is 0 Å². The van der Waals surface area contributed by atoms with Gasteiger partial charge < -0.3 is 5.73 Å². The van der Waals surface area contributed by atoms with Crippen LogP contribution in [-0.4, -0.2) is 6.04 Å². The largest absolute Gasteiger partial charge is 0.327 e. The quantitative estimate of drug-likeness (QED) is 0.755. The summed E-state index contributed by atoms with van der Waals surface area (Å²) >= 11 is 0. The Labute approximate surface area is 94.8 Å². The highest BCUT2D eigenvalue weighted by Gasteiger charge is 2.52. The van der Waals surface area contributed by atoms with Crippen LogP contribution in [0.2, 0.25) is 0 Å². The Balaban J connectivity index is 1.89. The minimum atomic E-state index is 0.429. The van der Waals surface area contributed by atoms with Crippen LogP contribution < -0.4 is 5.73 Å². The van der Waals surface area contributed by atoms with E-state index >= 15 is 0 Å². The van der Waals surface area contributed by atoms with Gasteiger partial charge in [0.15, 0.2) is 0 Å². The molecule has 0 bridgehead atoms. The third kappa shape index (κ3) is 2.08. The summed E-state index contributed by atoms with van der Waals surface area (Å²) in [4.78, 5) is 0. The molecule has 0 aromatic heterocycles. The van der Waals surface area contributed by atoms with Crippen molar-refractivity contribution in [3.8, 4) is 0 Å². The molecule has 2 saturated carbocycles. The van der Waals surface area contributed by atoms with E-state index in [1.165, 1.54) is 38.5 Å². The molecule has 0 aromatic carbocycles. The third-order valence-electron chi connectivity index (χ3n) is 5.26. The molecule has 2 fully saturated rings. The molecule has 15 heavy (non-hydrogen) atoms. The monoisotopic (exact) mass is 209 g/mol. The third-order valence-corrected chi connectivity index (χ3v) is 5.26. The maximum absolute atomic E-state index is 6.16. The van der Waals surface area contributed by atoms with Gasteiger partial charge in [-0.15, -0.1) is 0 Å². The van der Waals surface area contributed by atoms with E-state index in [9.17, 15) is 0 Å². The molecule has 0 radical (unpaired) electrons. The molecule has 0 aromatic rings. The fraction of sp³-hybridized carbons (Fsp3) is 1.00. The molecular weight excluding hydrogens is 182 g/mol. The molecule has 0 saturated heterocycles. The molecule has 0 heterocycles. The average molecular weight is 209 g/mol. The van der Waals surface area contributed by atoms with Gasteiger partial charge in [0, 0.05) is 6.04 Å². The molecule has 1 atom stereocenters. The summed E-state index contributed by atoms with van der Waals surface area (Å²) in [5.74, 6) is 2.83. The van der Waals surface area contributed by atoms with Crippen LogP contribution in [0.15, 0.2) is 0 Å². The second-order valence-corrected chi connectivity index (χ2v) is 6.38. The van der Waals surface area contributed by atoms with Crippen LogP contribution in [0.1, 0.15) is 59.3 Å². The Bertz CT molecular complexity index is 207. The van der Waals surface area contributed by atoms with Gasteiger partial charge in [-0.25, -0.2) is 0 Å². The van der Waals surface area contributed by atoms with E-state index in [4.69, 9.17) is 5.73 Å². The molecule has 1 unspecified atom stereocenters. The first kappa shape index (κ1) is 11.4. The molecule has 0 aliphatic heterocycles. The predicted octanol–water partition coefficient (Wildman–Crippen LogP) is 3.58. The van der Waals surface area contributed by atoms with E-state index in [-0.39, 0.29) is 0 Å². The van der Waals surface area contributed by atoms with Crippen molar-refractivity contribution >= 4 is 0 Å². The van der Waals surface area contributed by atoms with E-state index in [0.29, 0.717) is 11.5 Å². The Morgan fingerprint density at radius 3 is 1.87 bits per heavy atom. The van der Waals surface area contributed by atoms with Crippen molar-refractivity contribution in [3.63, 3.8) is 0 Å². The highest BCUT2D eigenvalue weighted by Crippen LogP contribution is 2.58. The van der Waals surface area contributed by atoms with Gasteiger partial charge in [0.2, 0.25) is 0 Å². The van der Waals surface area contributed by atoms with Gasteiger partial charge in [-0.3, -0.25) is 0 Å². The van der Waals surface area contributed by atoms with Gasteiger partial charge in [-0.2, -0.15) is 0 Å². The van der Waals surface area contributed by atoms with Gasteiger partial charge >= 0.3 is 0 Å². The SMILES string of the molecule is CC(C)C1CCC(C2(C(C)N)CC2)CC1. The topological polar surface area (TPSA) is 26.0 Å². The zero-order valence-corrected chi connectivity index (χ0v) is 10.6. The smallest absolute Gasteiger partial charge is 0.00696 e. The minimum absolute atomic E-state index is 0.429. The summed E-state index contributed by atoms with van der Waals surface area (Å²) in [5, 5.41) is 0. The first-order valence-corrected chi connectivity index (χ1v) is 6.82. The standard InChI is InChI=1S/C14H27N/c1-10(2)12-4-6-13(7-5-12)14(8-9-14)11(3)15/h10-13H,4-9,15H2,1-3H3. The molecule has 0 spiro atoms. The van der Waals surface area contributed by atoms with Gasteiger partial charge in [-0.1, -0.05) is 13.8 Å². The molecule has 88 valence electrons. The minimum Gasteiger partial charge on any atom is -0.327 e. The van der Waals surface area contributed by atoms with E-state index in [1.54, 1.807) is 0 Å². The van der Waals surface area contributed by atoms with E-state index in [2.05, 4.69) is 20.8 Å². The first-order chi connectivity index (χ1) is 7.06. The van der Waals surface area contributed by atoms with Crippen molar-refractivity contribution in [1.82, 2.24) is 0 Å². The summed E-state index contributed by atoms with van der Waals surface area (Å²) in [7, 11) is 0. The van der Waals surface area contributed by atoms with Crippen LogP contribution in [-0.2, 0) is 0 Å². The lowest BCUT2D eigenvalue weighted by Gasteiger charge is -2.37. The van der Waals surface area contributed by atoms with Crippen LogP contribution in [0, 0.1) is 23.2 Å². The number of nitrogens with two attached hydrogens (primary N) is 1. The van der Waals surface area contributed by atoms with Crippen molar-refractivity contribution < 1.29 is 0 Å². The van der Waals surface area contributed by atoms with E-state index < -0.39 is 0 Å². The molecule has 2 aliphatic rings. The molecule has 1 nitrogen and oxygen atoms in total. The maximum Gasteiger partial charge on any atom is 0.00696 e. The van der Waals surface area contributed by atoms with Crippen molar-refractivity contribution in [3.05, 3.63) is 0 Å². The summed E-state index contributed by atoms with van der Waals surface area (Å²) in [5.41, 5.74) is 6.73. The fourth-order valence-electron chi connectivity index (χ4n) is 3.74. The summed E-state index contributed by atoms with van der Waals surface area (Å²) in [6.45, 7) is 6.98. The number of hydrogen-bond donors (Lipinski definition) is 1. The average Bonchev–Trinajstić information content (AvgIpc) is 2.98. The zero-order valence-electron chi connectivity index (χ0n) is 10.6. The summed E-state index contributed by atoms with van der Waals surface area (Å²) in [6, 6.07) is 0.429. The number of hydrogen-bond acceptors (Lipinski definition) is 1. The van der Waals surface area contributed by atoms with Gasteiger partial charge in [-0.05, 0) is 68.6 Å². The van der Waals surface area contributed by atoms with Crippen molar-refractivity contribution in [1.29, 1.82) is 0 Å². The van der Waals surface area contributed by atoms with Gasteiger partial charge in [0.05, 0.1) is 0 Å². The maximum atomic E-state index is 6.16. The van der Waals surface area contributed by atoms with Crippen LogP contribution in [0.3, 0.4) is 0 Å². The molecule has 2 N–H and O–H groups in total. The summed E-state index contributed by atoms with van der Waals surface area (Å²) in [6.07, 6.45) is 8.62. The highest BCUT2D eigenvalue weighted by molar-refractivity contribution is 5.04. The van der Waals surface area contributed by atoms with Crippen molar-refractivity contribution in [2.75, 3.05) is 0 Å². The van der Waals surface area contributed by atoms with Crippen LogP contribution in [0.5, 0.6) is 0 Å². The highest BCUT2D eigenvalue weighted by atomic mass is 14.7. The Morgan fingerprint density at radius 1 is 1.00 bits per heavy atom. The Hall–Kier alpha value is -0.0400. The Kier molecular flexibility index (Phi) is 3.12. The van der Waals surface area contributed by atoms with Crippen molar-refractivity contribution in [2.24, 2.45) is 28.9 Å². The second kappa shape index (κ2) is 4.08. The summed E-state index contributed by atoms with van der Waals surface area (Å²) < 4.78 is 0. The predicted molar refractivity (Wildman–Crippen MR) is 65.6 cm³/mol. The molecular formula is C14H27N. The van der Waals surface area contributed by atoms with Crippen LogP contribution >= 0.6 is 0 Å². The van der Waals surface area contributed by atoms with Crippen LogP contribution in [0.4, 0.5) is 0 Å².